The van der Waals surface area contributed by atoms with Crippen LogP contribution in [0.5, 0.6) is 5.75 Å². The number of anilines is 1. The van der Waals surface area contributed by atoms with Crippen LogP contribution in [0.15, 0.2) is 91.1 Å². The molecule has 0 aliphatic carbocycles. The van der Waals surface area contributed by atoms with Crippen molar-refractivity contribution < 1.29 is 24.2 Å². The first-order valence-corrected chi connectivity index (χ1v) is 15.5. The van der Waals surface area contributed by atoms with Gasteiger partial charge in [-0.1, -0.05) is 71.7 Å². The van der Waals surface area contributed by atoms with Gasteiger partial charge in [-0.15, -0.1) is 0 Å². The van der Waals surface area contributed by atoms with Crippen LogP contribution in [0.4, 0.5) is 10.5 Å². The highest BCUT2D eigenvalue weighted by molar-refractivity contribution is 6.36. The van der Waals surface area contributed by atoms with Crippen molar-refractivity contribution in [1.29, 1.82) is 0 Å². The van der Waals surface area contributed by atoms with E-state index in [1.54, 1.807) is 70.3 Å². The van der Waals surface area contributed by atoms with E-state index in [-0.39, 0.29) is 5.56 Å². The Kier molecular flexibility index (Phi) is 10.0. The number of hydrogen-bond donors (Lipinski definition) is 2. The smallest absolute Gasteiger partial charge is 0.412 e. The summed E-state index contributed by atoms with van der Waals surface area (Å²) in [6, 6.07) is 25.6. The quantitative estimate of drug-likeness (QED) is 0.162. The molecule has 1 aromatic heterocycles. The van der Waals surface area contributed by atoms with Crippen molar-refractivity contribution in [1.82, 2.24) is 9.55 Å². The average Bonchev–Trinajstić information content (AvgIpc) is 3.41. The number of imidazole rings is 1. The largest absolute Gasteiger partial charge is 0.495 e. The standard InChI is InChI=1S/C37H33Cl2N3O5/c1-37(2,3)47-36(45)41-31-19-27(14-17-33(31)46-4)25-10-5-23(6-11-25)9-18-34-40-32(29-16-15-28(38)20-30(29)39)22-42(34)21-24-7-12-26(13-8-24)35(43)44/h5-20,22H,21H2,1-4H3,(H,41,45)(H,43,44)/b18-9+. The first-order chi connectivity index (χ1) is 22.4. The number of halogens is 2. The number of carbonyl (C=O) groups is 2. The molecule has 1 amide bonds. The number of carbonyl (C=O) groups excluding carboxylic acids is 1. The van der Waals surface area contributed by atoms with Crippen molar-refractivity contribution in [2.45, 2.75) is 32.9 Å². The molecule has 10 heteroatoms. The van der Waals surface area contributed by atoms with Gasteiger partial charge in [-0.25, -0.2) is 14.6 Å². The van der Waals surface area contributed by atoms with Crippen LogP contribution in [0.1, 0.15) is 48.1 Å². The van der Waals surface area contributed by atoms with E-state index in [0.29, 0.717) is 39.5 Å². The number of carboxylic acid groups (broad SMARTS) is 1. The molecule has 2 N–H and O–H groups in total. The van der Waals surface area contributed by atoms with E-state index in [0.717, 1.165) is 27.8 Å². The van der Waals surface area contributed by atoms with Crippen LogP contribution in [-0.2, 0) is 11.3 Å². The van der Waals surface area contributed by atoms with E-state index in [1.165, 1.54) is 0 Å². The molecule has 0 fully saturated rings. The summed E-state index contributed by atoms with van der Waals surface area (Å²) >= 11 is 12.6. The lowest BCUT2D eigenvalue weighted by Crippen LogP contribution is -2.27. The maximum atomic E-state index is 12.4. The van der Waals surface area contributed by atoms with Crippen LogP contribution in [0, 0.1) is 0 Å². The Morgan fingerprint density at radius 3 is 2.26 bits per heavy atom. The van der Waals surface area contributed by atoms with Gasteiger partial charge in [0, 0.05) is 23.3 Å². The highest BCUT2D eigenvalue weighted by atomic mass is 35.5. The number of ether oxygens (including phenoxy) is 2. The lowest BCUT2D eigenvalue weighted by molar-refractivity contribution is 0.0633. The summed E-state index contributed by atoms with van der Waals surface area (Å²) in [6.07, 6.45) is 5.23. The van der Waals surface area contributed by atoms with E-state index in [1.807, 2.05) is 65.4 Å². The number of methoxy groups -OCH3 is 1. The number of rotatable bonds is 9. The fourth-order valence-electron chi connectivity index (χ4n) is 4.82. The van der Waals surface area contributed by atoms with Crippen LogP contribution in [0.3, 0.4) is 0 Å². The zero-order valence-corrected chi connectivity index (χ0v) is 27.8. The molecule has 47 heavy (non-hydrogen) atoms. The van der Waals surface area contributed by atoms with Crippen molar-refractivity contribution >= 4 is 53.1 Å². The van der Waals surface area contributed by atoms with Crippen molar-refractivity contribution in [3.8, 4) is 28.1 Å². The number of hydrogen-bond acceptors (Lipinski definition) is 5. The molecule has 0 aliphatic heterocycles. The summed E-state index contributed by atoms with van der Waals surface area (Å²) < 4.78 is 12.8. The van der Waals surface area contributed by atoms with Crippen molar-refractivity contribution in [3.05, 3.63) is 124 Å². The Morgan fingerprint density at radius 2 is 1.62 bits per heavy atom. The van der Waals surface area contributed by atoms with Crippen LogP contribution < -0.4 is 10.1 Å². The second-order valence-corrected chi connectivity index (χ2v) is 12.6. The summed E-state index contributed by atoms with van der Waals surface area (Å²) in [6.45, 7) is 5.88. The minimum atomic E-state index is -0.974. The SMILES string of the molecule is COc1ccc(-c2ccc(/C=C/c3nc(-c4ccc(Cl)cc4Cl)cn3Cc3ccc(C(=O)O)cc3)cc2)cc1NC(=O)OC(C)(C)C. The summed E-state index contributed by atoms with van der Waals surface area (Å²) in [7, 11) is 1.55. The normalized spacial score (nSPS) is 11.4. The van der Waals surface area contributed by atoms with Crippen molar-refractivity contribution in [2.24, 2.45) is 0 Å². The van der Waals surface area contributed by atoms with Gasteiger partial charge in [-0.2, -0.15) is 0 Å². The second-order valence-electron chi connectivity index (χ2n) is 11.7. The summed E-state index contributed by atoms with van der Waals surface area (Å²) in [5, 5.41) is 13.1. The molecule has 0 atom stereocenters. The molecule has 4 aromatic carbocycles. The first kappa shape index (κ1) is 33.3. The van der Waals surface area contributed by atoms with E-state index < -0.39 is 17.7 Å². The lowest BCUT2D eigenvalue weighted by Gasteiger charge is -2.20. The molecule has 5 rings (SSSR count). The Balaban J connectivity index is 1.40. The summed E-state index contributed by atoms with van der Waals surface area (Å²) in [4.78, 5) is 28.6. The van der Waals surface area contributed by atoms with E-state index in [2.05, 4.69) is 5.32 Å². The molecular formula is C37H33Cl2N3O5. The van der Waals surface area contributed by atoms with Crippen molar-refractivity contribution in [2.75, 3.05) is 12.4 Å². The van der Waals surface area contributed by atoms with Gasteiger partial charge in [0.25, 0.3) is 0 Å². The minimum Gasteiger partial charge on any atom is -0.495 e. The van der Waals surface area contributed by atoms with Gasteiger partial charge in [0.2, 0.25) is 0 Å². The van der Waals surface area contributed by atoms with Gasteiger partial charge < -0.3 is 19.1 Å². The Hall–Kier alpha value is -5.05. The summed E-state index contributed by atoms with van der Waals surface area (Å²) in [5.41, 5.74) is 5.22. The highest BCUT2D eigenvalue weighted by Crippen LogP contribution is 2.32. The van der Waals surface area contributed by atoms with E-state index in [9.17, 15) is 14.7 Å². The van der Waals surface area contributed by atoms with Crippen LogP contribution in [0.25, 0.3) is 34.5 Å². The monoisotopic (exact) mass is 669 g/mol. The molecule has 0 aliphatic rings. The fourth-order valence-corrected chi connectivity index (χ4v) is 5.33. The van der Waals surface area contributed by atoms with E-state index in [4.69, 9.17) is 37.7 Å². The van der Waals surface area contributed by atoms with Gasteiger partial charge in [0.05, 0.1) is 29.1 Å². The Labute approximate surface area is 283 Å². The van der Waals surface area contributed by atoms with Gasteiger partial charge in [-0.05, 0) is 91.6 Å². The number of aromatic carboxylic acids is 1. The average molecular weight is 671 g/mol. The van der Waals surface area contributed by atoms with Crippen LogP contribution >= 0.6 is 23.2 Å². The predicted molar refractivity (Wildman–Crippen MR) is 187 cm³/mol. The minimum absolute atomic E-state index is 0.224. The lowest BCUT2D eigenvalue weighted by atomic mass is 10.0. The zero-order chi connectivity index (χ0) is 33.7. The second kappa shape index (κ2) is 14.2. The molecule has 0 spiro atoms. The van der Waals surface area contributed by atoms with Gasteiger partial charge in [0.15, 0.2) is 0 Å². The molecule has 0 radical (unpaired) electrons. The molecule has 5 aromatic rings. The molecule has 1 heterocycles. The molecule has 0 bridgehead atoms. The number of benzene rings is 4. The third-order valence-corrected chi connectivity index (χ3v) is 7.62. The van der Waals surface area contributed by atoms with Gasteiger partial charge in [-0.3, -0.25) is 5.32 Å². The first-order valence-electron chi connectivity index (χ1n) is 14.7. The summed E-state index contributed by atoms with van der Waals surface area (Å²) in [5.74, 6) is 0.232. The van der Waals surface area contributed by atoms with E-state index >= 15 is 0 Å². The number of nitrogens with zero attached hydrogens (tertiary/aromatic N) is 2. The molecular weight excluding hydrogens is 637 g/mol. The molecule has 0 saturated heterocycles. The number of amides is 1. The molecule has 8 nitrogen and oxygen atoms in total. The van der Waals surface area contributed by atoms with Crippen LogP contribution in [-0.4, -0.2) is 39.4 Å². The van der Waals surface area contributed by atoms with Gasteiger partial charge in [0.1, 0.15) is 17.2 Å². The third-order valence-electron chi connectivity index (χ3n) is 7.07. The topological polar surface area (TPSA) is 103 Å². The maximum Gasteiger partial charge on any atom is 0.412 e. The Bertz CT molecular complexity index is 1940. The molecule has 240 valence electrons. The zero-order valence-electron chi connectivity index (χ0n) is 26.3. The number of aromatic nitrogens is 2. The number of nitrogens with one attached hydrogen (secondary N) is 1. The van der Waals surface area contributed by atoms with Crippen LogP contribution in [0.2, 0.25) is 10.0 Å². The molecule has 0 unspecified atom stereocenters. The molecule has 0 saturated carbocycles. The van der Waals surface area contributed by atoms with Crippen molar-refractivity contribution in [3.63, 3.8) is 0 Å². The highest BCUT2D eigenvalue weighted by Gasteiger charge is 2.18. The maximum absolute atomic E-state index is 12.4. The third kappa shape index (κ3) is 8.61. The fraction of sp³-hybridized carbons (Fsp3) is 0.162. The predicted octanol–water partition coefficient (Wildman–Crippen LogP) is 9.80. The van der Waals surface area contributed by atoms with Gasteiger partial charge >= 0.3 is 12.1 Å². The Morgan fingerprint density at radius 1 is 0.915 bits per heavy atom. The number of carboxylic acids is 1.